The van der Waals surface area contributed by atoms with E-state index < -0.39 is 29.4 Å². The number of hydrogen-bond donors (Lipinski definition) is 4. The largest absolute Gasteiger partial charge is 0.481 e. The Morgan fingerprint density at radius 1 is 0.905 bits per heavy atom. The topological polar surface area (TPSA) is 141 Å². The third kappa shape index (κ3) is 4.94. The molecule has 0 unspecified atom stereocenters. The van der Waals surface area contributed by atoms with Crippen molar-refractivity contribution in [2.45, 2.75) is 19.3 Å². The van der Waals surface area contributed by atoms with E-state index in [1.54, 1.807) is 0 Å². The molecule has 0 spiro atoms. The van der Waals surface area contributed by atoms with E-state index in [4.69, 9.17) is 15.3 Å². The summed E-state index contributed by atoms with van der Waals surface area (Å²) in [5.74, 6) is -4.29. The Bertz CT molecular complexity index is 594. The normalized spacial score (nSPS) is 9.90. The van der Waals surface area contributed by atoms with E-state index in [0.29, 0.717) is 0 Å². The van der Waals surface area contributed by atoms with Gasteiger partial charge in [0, 0.05) is 18.5 Å². The van der Waals surface area contributed by atoms with Crippen molar-refractivity contribution in [1.29, 1.82) is 0 Å². The van der Waals surface area contributed by atoms with Crippen LogP contribution in [0.2, 0.25) is 0 Å². The van der Waals surface area contributed by atoms with Gasteiger partial charge < -0.3 is 20.6 Å². The molecular formula is C13H13NO7. The molecule has 4 N–H and O–H groups in total. The second kappa shape index (κ2) is 7.04. The molecule has 8 heteroatoms. The van der Waals surface area contributed by atoms with Crippen molar-refractivity contribution in [3.05, 3.63) is 29.3 Å². The van der Waals surface area contributed by atoms with E-state index in [0.717, 1.165) is 12.1 Å². The number of aliphatic carboxylic acids is 1. The number of benzene rings is 1. The van der Waals surface area contributed by atoms with Gasteiger partial charge in [-0.15, -0.1) is 0 Å². The van der Waals surface area contributed by atoms with Gasteiger partial charge in [0.15, 0.2) is 0 Å². The van der Waals surface area contributed by atoms with E-state index in [2.05, 4.69) is 5.32 Å². The summed E-state index contributed by atoms with van der Waals surface area (Å²) >= 11 is 0. The number of carboxylic acids is 3. The zero-order valence-electron chi connectivity index (χ0n) is 10.8. The summed E-state index contributed by atoms with van der Waals surface area (Å²) in [6.07, 6.45) is -0.0265. The summed E-state index contributed by atoms with van der Waals surface area (Å²) in [7, 11) is 0. The first-order valence-corrected chi connectivity index (χ1v) is 5.93. The molecule has 0 bridgehead atoms. The Labute approximate surface area is 119 Å². The lowest BCUT2D eigenvalue weighted by Crippen LogP contribution is -2.14. The minimum absolute atomic E-state index is 0.0324. The van der Waals surface area contributed by atoms with Crippen LogP contribution in [0.5, 0.6) is 0 Å². The number of carbonyl (C=O) groups excluding carboxylic acids is 1. The molecule has 0 saturated carbocycles. The molecule has 1 amide bonds. The Balaban J connectivity index is 2.78. The van der Waals surface area contributed by atoms with Gasteiger partial charge >= 0.3 is 17.9 Å². The standard InChI is InChI=1S/C13H13NO7/c15-10(2-1-3-11(16)17)14-7-4-5-8(12(18)19)9(6-7)13(20)21/h4-6H,1-3H2,(H,14,15)(H,16,17)(H,18,19)(H,20,21). The molecule has 0 aromatic heterocycles. The van der Waals surface area contributed by atoms with Gasteiger partial charge in [-0.1, -0.05) is 0 Å². The maximum Gasteiger partial charge on any atom is 0.336 e. The predicted octanol–water partition coefficient (Wildman–Crippen LogP) is 1.28. The van der Waals surface area contributed by atoms with Crippen molar-refractivity contribution >= 4 is 29.5 Å². The first kappa shape index (κ1) is 16.2. The lowest BCUT2D eigenvalue weighted by atomic mass is 10.1. The maximum atomic E-state index is 11.5. The van der Waals surface area contributed by atoms with Crippen molar-refractivity contribution in [3.63, 3.8) is 0 Å². The van der Waals surface area contributed by atoms with Gasteiger partial charge in [-0.05, 0) is 24.6 Å². The van der Waals surface area contributed by atoms with E-state index >= 15 is 0 Å². The third-order valence-electron chi connectivity index (χ3n) is 2.56. The zero-order valence-corrected chi connectivity index (χ0v) is 10.8. The van der Waals surface area contributed by atoms with Crippen LogP contribution in [0.25, 0.3) is 0 Å². The molecule has 1 aromatic carbocycles. The lowest BCUT2D eigenvalue weighted by molar-refractivity contribution is -0.137. The fraction of sp³-hybridized carbons (Fsp3) is 0.231. The average molecular weight is 295 g/mol. The van der Waals surface area contributed by atoms with Crippen LogP contribution in [-0.2, 0) is 9.59 Å². The van der Waals surface area contributed by atoms with Crippen LogP contribution in [0.4, 0.5) is 5.69 Å². The quantitative estimate of drug-likeness (QED) is 0.593. The van der Waals surface area contributed by atoms with Gasteiger partial charge in [0.05, 0.1) is 11.1 Å². The highest BCUT2D eigenvalue weighted by Gasteiger charge is 2.17. The van der Waals surface area contributed by atoms with Crippen LogP contribution in [0.3, 0.4) is 0 Å². The lowest BCUT2D eigenvalue weighted by Gasteiger charge is -2.07. The Morgan fingerprint density at radius 3 is 2.05 bits per heavy atom. The summed E-state index contributed by atoms with van der Waals surface area (Å²) in [6.45, 7) is 0. The molecule has 0 radical (unpaired) electrons. The summed E-state index contributed by atoms with van der Waals surface area (Å²) in [5.41, 5.74) is -0.685. The summed E-state index contributed by atoms with van der Waals surface area (Å²) in [4.78, 5) is 43.7. The number of nitrogens with one attached hydrogen (secondary N) is 1. The summed E-state index contributed by atoms with van der Waals surface area (Å²) in [6, 6.07) is 3.39. The van der Waals surface area contributed by atoms with Crippen molar-refractivity contribution < 1.29 is 34.5 Å². The van der Waals surface area contributed by atoms with Gasteiger partial charge in [-0.25, -0.2) is 9.59 Å². The molecule has 0 saturated heterocycles. The highest BCUT2D eigenvalue weighted by molar-refractivity contribution is 6.03. The Morgan fingerprint density at radius 2 is 1.52 bits per heavy atom. The van der Waals surface area contributed by atoms with Crippen LogP contribution in [0, 0.1) is 0 Å². The highest BCUT2D eigenvalue weighted by Crippen LogP contribution is 2.17. The molecule has 112 valence electrons. The number of hydrogen-bond acceptors (Lipinski definition) is 4. The summed E-state index contributed by atoms with van der Waals surface area (Å²) in [5, 5.41) is 28.6. The third-order valence-corrected chi connectivity index (χ3v) is 2.56. The Kier molecular flexibility index (Phi) is 5.41. The van der Waals surface area contributed by atoms with Crippen LogP contribution < -0.4 is 5.32 Å². The van der Waals surface area contributed by atoms with E-state index in [1.807, 2.05) is 0 Å². The molecule has 0 heterocycles. The van der Waals surface area contributed by atoms with Gasteiger partial charge in [-0.3, -0.25) is 9.59 Å². The van der Waals surface area contributed by atoms with Crippen molar-refractivity contribution in [3.8, 4) is 0 Å². The van der Waals surface area contributed by atoms with E-state index in [-0.39, 0.29) is 30.5 Å². The molecular weight excluding hydrogens is 282 g/mol. The van der Waals surface area contributed by atoms with E-state index in [1.165, 1.54) is 6.07 Å². The van der Waals surface area contributed by atoms with Crippen LogP contribution in [-0.4, -0.2) is 39.1 Å². The van der Waals surface area contributed by atoms with Crippen LogP contribution >= 0.6 is 0 Å². The molecule has 0 aliphatic rings. The monoisotopic (exact) mass is 295 g/mol. The predicted molar refractivity (Wildman–Crippen MR) is 70.5 cm³/mol. The SMILES string of the molecule is O=C(O)CCCC(=O)Nc1ccc(C(=O)O)c(C(=O)O)c1. The number of carboxylic acid groups (broad SMARTS) is 3. The summed E-state index contributed by atoms with van der Waals surface area (Å²) < 4.78 is 0. The molecule has 0 atom stereocenters. The maximum absolute atomic E-state index is 11.5. The van der Waals surface area contributed by atoms with Crippen molar-refractivity contribution in [1.82, 2.24) is 0 Å². The second-order valence-corrected chi connectivity index (χ2v) is 4.17. The average Bonchev–Trinajstić information content (AvgIpc) is 2.37. The second-order valence-electron chi connectivity index (χ2n) is 4.17. The minimum atomic E-state index is -1.42. The van der Waals surface area contributed by atoms with Crippen molar-refractivity contribution in [2.75, 3.05) is 5.32 Å². The fourth-order valence-corrected chi connectivity index (χ4v) is 1.61. The number of anilines is 1. The smallest absolute Gasteiger partial charge is 0.336 e. The number of carbonyl (C=O) groups is 4. The highest BCUT2D eigenvalue weighted by atomic mass is 16.4. The number of amides is 1. The number of aromatic carboxylic acids is 2. The van der Waals surface area contributed by atoms with Crippen molar-refractivity contribution in [2.24, 2.45) is 0 Å². The zero-order chi connectivity index (χ0) is 16.0. The minimum Gasteiger partial charge on any atom is -0.481 e. The van der Waals surface area contributed by atoms with Gasteiger partial charge in [0.1, 0.15) is 0 Å². The molecule has 0 aliphatic carbocycles. The van der Waals surface area contributed by atoms with Gasteiger partial charge in [0.2, 0.25) is 5.91 Å². The van der Waals surface area contributed by atoms with E-state index in [9.17, 15) is 19.2 Å². The fourth-order valence-electron chi connectivity index (χ4n) is 1.61. The van der Waals surface area contributed by atoms with Gasteiger partial charge in [0.25, 0.3) is 0 Å². The molecule has 21 heavy (non-hydrogen) atoms. The van der Waals surface area contributed by atoms with Crippen LogP contribution in [0.15, 0.2) is 18.2 Å². The van der Waals surface area contributed by atoms with Gasteiger partial charge in [-0.2, -0.15) is 0 Å². The van der Waals surface area contributed by atoms with Crippen LogP contribution in [0.1, 0.15) is 40.0 Å². The molecule has 1 rings (SSSR count). The molecule has 8 nitrogen and oxygen atoms in total. The first-order chi connectivity index (χ1) is 9.81. The number of rotatable bonds is 7. The Hall–Kier alpha value is -2.90. The molecule has 0 aliphatic heterocycles. The molecule has 1 aromatic rings. The molecule has 0 fully saturated rings. The first-order valence-electron chi connectivity index (χ1n) is 5.93.